The highest BCUT2D eigenvalue weighted by Gasteiger charge is 2.39. The van der Waals surface area contributed by atoms with Gasteiger partial charge in [0.05, 0.1) is 17.9 Å². The lowest BCUT2D eigenvalue weighted by atomic mass is 9.88. The largest absolute Gasteiger partial charge is 0.396 e. The monoisotopic (exact) mass is 572 g/mol. The fourth-order valence-electron chi connectivity index (χ4n) is 5.56. The summed E-state index contributed by atoms with van der Waals surface area (Å²) >= 11 is 0. The number of aromatic nitrogens is 3. The summed E-state index contributed by atoms with van der Waals surface area (Å²) in [4.78, 5) is 17.4. The first kappa shape index (κ1) is 28.4. The molecule has 3 aromatic rings. The second-order valence-corrected chi connectivity index (χ2v) is 13.7. The van der Waals surface area contributed by atoms with Crippen molar-refractivity contribution in [1.82, 2.24) is 15.0 Å². The van der Waals surface area contributed by atoms with Crippen LogP contribution in [-0.4, -0.2) is 89.6 Å². The van der Waals surface area contributed by atoms with Crippen molar-refractivity contribution in [3.8, 4) is 0 Å². The lowest BCUT2D eigenvalue weighted by Crippen LogP contribution is -2.57. The number of halogens is 1. The SMILES string of the molecule is C[C@H](CO)c1ccc(N2C[C@H](CS(C)(=O)=O)[C@H]2C)c2cnc(Nc3ccnc(N4CC[C@](C)(O)[C@H](F)C4)n3)cc12. The number of pyridine rings is 1. The molecule has 0 spiro atoms. The Hall–Kier alpha value is -3.09. The van der Waals surface area contributed by atoms with Crippen molar-refractivity contribution in [2.45, 2.75) is 50.9 Å². The van der Waals surface area contributed by atoms with E-state index in [1.54, 1.807) is 23.4 Å². The number of benzene rings is 1. The minimum Gasteiger partial charge on any atom is -0.396 e. The van der Waals surface area contributed by atoms with E-state index in [0.29, 0.717) is 30.7 Å². The van der Waals surface area contributed by atoms with Crippen molar-refractivity contribution < 1.29 is 23.0 Å². The second kappa shape index (κ2) is 10.7. The molecule has 5 atom stereocenters. The maximum atomic E-state index is 14.4. The first-order chi connectivity index (χ1) is 18.9. The number of sulfone groups is 1. The third-order valence-corrected chi connectivity index (χ3v) is 9.31. The normalized spacial score (nSPS) is 26.0. The van der Waals surface area contributed by atoms with Gasteiger partial charge >= 0.3 is 0 Å². The van der Waals surface area contributed by atoms with Gasteiger partial charge < -0.3 is 25.3 Å². The van der Waals surface area contributed by atoms with Gasteiger partial charge in [0.1, 0.15) is 27.6 Å². The Morgan fingerprint density at radius 1 is 1.20 bits per heavy atom. The van der Waals surface area contributed by atoms with Crippen molar-refractivity contribution in [2.75, 3.05) is 53.4 Å². The number of nitrogens with one attached hydrogen (secondary N) is 1. The molecule has 2 aliphatic heterocycles. The van der Waals surface area contributed by atoms with Crippen LogP contribution in [0, 0.1) is 5.92 Å². The highest BCUT2D eigenvalue weighted by atomic mass is 32.2. The van der Waals surface area contributed by atoms with E-state index in [2.05, 4.69) is 25.2 Å². The molecule has 2 aromatic heterocycles. The number of piperidine rings is 1. The number of aliphatic hydroxyl groups is 2. The molecule has 10 nitrogen and oxygen atoms in total. The van der Waals surface area contributed by atoms with Crippen molar-refractivity contribution in [3.63, 3.8) is 0 Å². The fraction of sp³-hybridized carbons (Fsp3) is 0.536. The molecule has 0 amide bonds. The molecule has 2 saturated heterocycles. The molecule has 0 saturated carbocycles. The van der Waals surface area contributed by atoms with Crippen LogP contribution >= 0.6 is 0 Å². The molecule has 12 heteroatoms. The number of alkyl halides is 1. The van der Waals surface area contributed by atoms with Crippen LogP contribution in [0.1, 0.15) is 38.7 Å². The number of fused-ring (bicyclic) bond motifs is 1. The zero-order chi connectivity index (χ0) is 28.8. The Bertz CT molecular complexity index is 1500. The summed E-state index contributed by atoms with van der Waals surface area (Å²) in [6.07, 6.45) is 3.54. The highest BCUT2D eigenvalue weighted by molar-refractivity contribution is 7.90. The van der Waals surface area contributed by atoms with Gasteiger partial charge in [0.25, 0.3) is 0 Å². The molecule has 4 heterocycles. The quantitative estimate of drug-likeness (QED) is 0.370. The number of hydrogen-bond donors (Lipinski definition) is 3. The number of rotatable bonds is 8. The molecule has 2 aliphatic rings. The molecule has 0 radical (unpaired) electrons. The van der Waals surface area contributed by atoms with Crippen LogP contribution in [0.2, 0.25) is 0 Å². The van der Waals surface area contributed by atoms with Gasteiger partial charge in [-0.2, -0.15) is 4.98 Å². The third kappa shape index (κ3) is 5.70. The Labute approximate surface area is 234 Å². The summed E-state index contributed by atoms with van der Waals surface area (Å²) in [5.74, 6) is 1.55. The van der Waals surface area contributed by atoms with E-state index in [0.717, 1.165) is 22.0 Å². The zero-order valence-corrected chi connectivity index (χ0v) is 24.1. The van der Waals surface area contributed by atoms with E-state index in [1.165, 1.54) is 13.2 Å². The number of aliphatic hydroxyl groups excluding tert-OH is 1. The Kier molecular flexibility index (Phi) is 7.62. The molecular weight excluding hydrogens is 535 g/mol. The summed E-state index contributed by atoms with van der Waals surface area (Å²) in [5.41, 5.74) is 0.600. The van der Waals surface area contributed by atoms with Crippen LogP contribution in [0.25, 0.3) is 10.8 Å². The molecule has 0 bridgehead atoms. The minimum absolute atomic E-state index is 0.00975. The van der Waals surface area contributed by atoms with E-state index in [-0.39, 0.29) is 43.2 Å². The molecule has 1 aromatic carbocycles. The average Bonchev–Trinajstić information content (AvgIpc) is 2.91. The van der Waals surface area contributed by atoms with E-state index in [1.807, 2.05) is 32.0 Å². The predicted molar refractivity (Wildman–Crippen MR) is 155 cm³/mol. The van der Waals surface area contributed by atoms with E-state index >= 15 is 0 Å². The number of nitrogens with zero attached hydrogens (tertiary/aromatic N) is 5. The lowest BCUT2D eigenvalue weighted by molar-refractivity contribution is -0.0332. The highest BCUT2D eigenvalue weighted by Crippen LogP contribution is 2.39. The van der Waals surface area contributed by atoms with Gasteiger partial charge in [0, 0.05) is 67.3 Å². The third-order valence-electron chi connectivity index (χ3n) is 8.27. The van der Waals surface area contributed by atoms with Crippen molar-refractivity contribution in [3.05, 3.63) is 42.2 Å². The molecule has 0 aliphatic carbocycles. The van der Waals surface area contributed by atoms with Gasteiger partial charge in [-0.1, -0.05) is 13.0 Å². The van der Waals surface area contributed by atoms with Crippen LogP contribution in [0.3, 0.4) is 0 Å². The van der Waals surface area contributed by atoms with Crippen molar-refractivity contribution in [1.29, 1.82) is 0 Å². The Morgan fingerprint density at radius 2 is 1.98 bits per heavy atom. The maximum absolute atomic E-state index is 14.4. The Morgan fingerprint density at radius 3 is 2.65 bits per heavy atom. The molecule has 216 valence electrons. The van der Waals surface area contributed by atoms with Gasteiger partial charge in [-0.05, 0) is 49.4 Å². The standard InChI is InChI=1S/C28H37FN6O4S/c1-17(15-36)20-5-6-23(35-13-19(18(35)2)16-40(4,38)39)22-12-31-26(11-21(20)22)32-25-7-9-30-27(33-25)34-10-8-28(3,37)24(29)14-34/h5-7,9,11-12,17-19,24,36-37H,8,10,13-16H2,1-4H3,(H,30,31,32,33)/t17-,18-,19-,24-,28+/m1/s1. The first-order valence-electron chi connectivity index (χ1n) is 13.6. The van der Waals surface area contributed by atoms with Crippen LogP contribution in [0.5, 0.6) is 0 Å². The minimum atomic E-state index is -3.06. The van der Waals surface area contributed by atoms with Crippen molar-refractivity contribution in [2.24, 2.45) is 5.92 Å². The second-order valence-electron chi connectivity index (χ2n) is 11.5. The summed E-state index contributed by atoms with van der Waals surface area (Å²) in [5, 5.41) is 25.2. The van der Waals surface area contributed by atoms with Crippen LogP contribution in [-0.2, 0) is 9.84 Å². The summed E-state index contributed by atoms with van der Waals surface area (Å²) in [7, 11) is -3.06. The lowest BCUT2D eigenvalue weighted by Gasteiger charge is -2.48. The van der Waals surface area contributed by atoms with Crippen LogP contribution in [0.15, 0.2) is 36.7 Å². The molecule has 3 N–H and O–H groups in total. The topological polar surface area (TPSA) is 132 Å². The van der Waals surface area contributed by atoms with Crippen LogP contribution in [0.4, 0.5) is 27.7 Å². The number of anilines is 4. The van der Waals surface area contributed by atoms with Crippen LogP contribution < -0.4 is 15.1 Å². The smallest absolute Gasteiger partial charge is 0.227 e. The predicted octanol–water partition coefficient (Wildman–Crippen LogP) is 3.03. The van der Waals surface area contributed by atoms with Gasteiger partial charge in [-0.3, -0.25) is 0 Å². The maximum Gasteiger partial charge on any atom is 0.227 e. The van der Waals surface area contributed by atoms with E-state index in [9.17, 15) is 23.0 Å². The molecular formula is C28H37FN6O4S. The summed E-state index contributed by atoms with van der Waals surface area (Å²) < 4.78 is 38.1. The average molecular weight is 573 g/mol. The van der Waals surface area contributed by atoms with Gasteiger partial charge in [-0.25, -0.2) is 22.8 Å². The molecule has 2 fully saturated rings. The fourth-order valence-corrected chi connectivity index (χ4v) is 6.72. The summed E-state index contributed by atoms with van der Waals surface area (Å²) in [6, 6.07) is 7.74. The molecule has 0 unspecified atom stereocenters. The van der Waals surface area contributed by atoms with Crippen molar-refractivity contribution >= 4 is 43.9 Å². The zero-order valence-electron chi connectivity index (χ0n) is 23.2. The summed E-state index contributed by atoms with van der Waals surface area (Å²) in [6.45, 7) is 6.59. The Balaban J connectivity index is 1.42. The molecule has 5 rings (SSSR count). The van der Waals surface area contributed by atoms with Gasteiger partial charge in [0.15, 0.2) is 0 Å². The number of hydrogen-bond acceptors (Lipinski definition) is 10. The first-order valence-corrected chi connectivity index (χ1v) is 15.6. The van der Waals surface area contributed by atoms with Gasteiger partial charge in [-0.15, -0.1) is 0 Å². The van der Waals surface area contributed by atoms with E-state index < -0.39 is 21.6 Å². The molecule has 40 heavy (non-hydrogen) atoms. The van der Waals surface area contributed by atoms with E-state index in [4.69, 9.17) is 0 Å². The van der Waals surface area contributed by atoms with Gasteiger partial charge in [0.2, 0.25) is 5.95 Å².